The molecule has 156 valence electrons. The maximum Gasteiger partial charge on any atom is 0.272 e. The number of carbonyl (C=O) groups is 1. The van der Waals surface area contributed by atoms with E-state index >= 15 is 0 Å². The van der Waals surface area contributed by atoms with Crippen molar-refractivity contribution in [3.8, 4) is 5.75 Å². The number of methoxy groups -OCH3 is 1. The first-order chi connectivity index (χ1) is 14.4. The van der Waals surface area contributed by atoms with Crippen molar-refractivity contribution >= 4 is 15.9 Å². The van der Waals surface area contributed by atoms with Gasteiger partial charge in [-0.2, -0.15) is 5.10 Å². The molecule has 1 amide bonds. The zero-order valence-corrected chi connectivity index (χ0v) is 17.2. The molecule has 2 N–H and O–H groups in total. The second-order valence-corrected chi connectivity index (χ2v) is 8.78. The van der Waals surface area contributed by atoms with Crippen molar-refractivity contribution in [1.29, 1.82) is 0 Å². The van der Waals surface area contributed by atoms with Gasteiger partial charge in [0.2, 0.25) is 10.0 Å². The number of hydrogen-bond donors (Lipinski definition) is 2. The van der Waals surface area contributed by atoms with Crippen LogP contribution in [0.3, 0.4) is 0 Å². The number of aromatic nitrogens is 2. The fraction of sp³-hybridized carbons (Fsp3) is 0.238. The van der Waals surface area contributed by atoms with E-state index in [1.54, 1.807) is 22.9 Å². The first-order valence-electron chi connectivity index (χ1n) is 9.50. The quantitative estimate of drug-likeness (QED) is 0.599. The predicted octanol–water partition coefficient (Wildman–Crippen LogP) is 1.72. The Kier molecular flexibility index (Phi) is 5.56. The van der Waals surface area contributed by atoms with Gasteiger partial charge in [0.25, 0.3) is 5.91 Å². The predicted molar refractivity (Wildman–Crippen MR) is 111 cm³/mol. The van der Waals surface area contributed by atoms with E-state index in [4.69, 9.17) is 4.74 Å². The third-order valence-electron chi connectivity index (χ3n) is 4.93. The van der Waals surface area contributed by atoms with Crippen LogP contribution in [0.4, 0.5) is 0 Å². The Morgan fingerprint density at radius 2 is 1.90 bits per heavy atom. The molecule has 4 rings (SSSR count). The van der Waals surface area contributed by atoms with Gasteiger partial charge >= 0.3 is 0 Å². The van der Waals surface area contributed by atoms with Crippen LogP contribution in [-0.4, -0.2) is 37.3 Å². The second kappa shape index (κ2) is 8.29. The number of amides is 1. The van der Waals surface area contributed by atoms with E-state index in [-0.39, 0.29) is 16.8 Å². The van der Waals surface area contributed by atoms with Gasteiger partial charge in [-0.25, -0.2) is 13.1 Å². The van der Waals surface area contributed by atoms with Crippen LogP contribution in [0.25, 0.3) is 0 Å². The van der Waals surface area contributed by atoms with Crippen LogP contribution in [0, 0.1) is 0 Å². The molecule has 0 bridgehead atoms. The standard InChI is InChI=1S/C21H22N4O4S/c1-29-18-7-9-19(10-8-18)30(27,28)24-16-11-17-12-20(23-25(17)14-16)21(26)22-13-15-5-3-2-4-6-15/h2-10,12,16,24H,11,13-14H2,1H3,(H,22,26)/t16-/m0/s1. The van der Waals surface area contributed by atoms with Gasteiger partial charge in [-0.15, -0.1) is 0 Å². The number of nitrogens with one attached hydrogen (secondary N) is 2. The van der Waals surface area contributed by atoms with E-state index in [2.05, 4.69) is 15.1 Å². The molecule has 1 aliphatic heterocycles. The van der Waals surface area contributed by atoms with E-state index in [9.17, 15) is 13.2 Å². The van der Waals surface area contributed by atoms with Crippen molar-refractivity contribution in [1.82, 2.24) is 19.8 Å². The highest BCUT2D eigenvalue weighted by Gasteiger charge is 2.29. The summed E-state index contributed by atoms with van der Waals surface area (Å²) in [6.07, 6.45) is 0.467. The van der Waals surface area contributed by atoms with Gasteiger partial charge in [0.15, 0.2) is 0 Å². The van der Waals surface area contributed by atoms with Gasteiger partial charge in [0.05, 0.1) is 18.6 Å². The second-order valence-electron chi connectivity index (χ2n) is 7.07. The number of hydrogen-bond acceptors (Lipinski definition) is 5. The number of sulfonamides is 1. The molecule has 0 spiro atoms. The number of fused-ring (bicyclic) bond motifs is 1. The highest BCUT2D eigenvalue weighted by Crippen LogP contribution is 2.20. The minimum Gasteiger partial charge on any atom is -0.497 e. The molecule has 8 nitrogen and oxygen atoms in total. The number of ether oxygens (including phenoxy) is 1. The molecule has 2 aromatic carbocycles. The fourth-order valence-corrected chi connectivity index (χ4v) is 4.63. The number of nitrogens with zero attached hydrogens (tertiary/aromatic N) is 2. The van der Waals surface area contributed by atoms with Gasteiger partial charge in [0, 0.05) is 24.7 Å². The molecular weight excluding hydrogens is 404 g/mol. The van der Waals surface area contributed by atoms with Crippen molar-refractivity contribution in [3.63, 3.8) is 0 Å². The minimum atomic E-state index is -3.66. The summed E-state index contributed by atoms with van der Waals surface area (Å²) in [5.74, 6) is 0.337. The smallest absolute Gasteiger partial charge is 0.272 e. The van der Waals surface area contributed by atoms with Crippen molar-refractivity contribution in [2.75, 3.05) is 7.11 Å². The molecule has 9 heteroatoms. The Morgan fingerprint density at radius 3 is 2.57 bits per heavy atom. The Balaban J connectivity index is 1.36. The van der Waals surface area contributed by atoms with Gasteiger partial charge in [-0.3, -0.25) is 9.48 Å². The molecule has 0 radical (unpaired) electrons. The normalized spacial score (nSPS) is 15.6. The molecular formula is C21H22N4O4S. The van der Waals surface area contributed by atoms with E-state index < -0.39 is 10.0 Å². The summed E-state index contributed by atoms with van der Waals surface area (Å²) in [6, 6.07) is 17.2. The summed E-state index contributed by atoms with van der Waals surface area (Å²) in [5.41, 5.74) is 2.16. The van der Waals surface area contributed by atoms with Crippen LogP contribution in [0.5, 0.6) is 5.75 Å². The Bertz CT molecular complexity index is 1120. The van der Waals surface area contributed by atoms with Crippen molar-refractivity contribution < 1.29 is 17.9 Å². The van der Waals surface area contributed by atoms with Crippen LogP contribution in [0.15, 0.2) is 65.6 Å². The van der Waals surface area contributed by atoms with E-state index in [1.165, 1.54) is 19.2 Å². The van der Waals surface area contributed by atoms with E-state index in [0.29, 0.717) is 31.0 Å². The van der Waals surface area contributed by atoms with Crippen LogP contribution in [-0.2, 0) is 29.5 Å². The lowest BCUT2D eigenvalue weighted by Crippen LogP contribution is -2.36. The van der Waals surface area contributed by atoms with Gasteiger partial charge < -0.3 is 10.1 Å². The largest absolute Gasteiger partial charge is 0.497 e. The van der Waals surface area contributed by atoms with Crippen LogP contribution >= 0.6 is 0 Å². The van der Waals surface area contributed by atoms with Crippen molar-refractivity contribution in [2.45, 2.75) is 30.4 Å². The zero-order chi connectivity index (χ0) is 21.1. The van der Waals surface area contributed by atoms with Gasteiger partial charge in [-0.1, -0.05) is 30.3 Å². The average Bonchev–Trinajstić information content (AvgIpc) is 3.31. The van der Waals surface area contributed by atoms with Crippen molar-refractivity contribution in [3.05, 3.63) is 77.6 Å². The number of benzene rings is 2. The van der Waals surface area contributed by atoms with Crippen LogP contribution < -0.4 is 14.8 Å². The lowest BCUT2D eigenvalue weighted by Gasteiger charge is -2.13. The third kappa shape index (κ3) is 4.37. The summed E-state index contributed by atoms with van der Waals surface area (Å²) in [6.45, 7) is 0.794. The monoisotopic (exact) mass is 426 g/mol. The Hall–Kier alpha value is -3.17. The fourth-order valence-electron chi connectivity index (χ4n) is 3.40. The number of rotatable bonds is 7. The molecule has 1 atom stereocenters. The summed E-state index contributed by atoms with van der Waals surface area (Å²) in [7, 11) is -2.13. The molecule has 2 heterocycles. The molecule has 0 saturated heterocycles. The summed E-state index contributed by atoms with van der Waals surface area (Å²) >= 11 is 0. The first-order valence-corrected chi connectivity index (χ1v) is 11.0. The average molecular weight is 426 g/mol. The number of carbonyl (C=O) groups excluding carboxylic acids is 1. The van der Waals surface area contributed by atoms with Gasteiger partial charge in [-0.05, 0) is 35.9 Å². The Labute approximate surface area is 174 Å². The maximum atomic E-state index is 12.6. The van der Waals surface area contributed by atoms with Gasteiger partial charge in [0.1, 0.15) is 11.4 Å². The highest BCUT2D eigenvalue weighted by molar-refractivity contribution is 7.89. The molecule has 1 aromatic heterocycles. The summed E-state index contributed by atoms with van der Waals surface area (Å²) in [5, 5.41) is 7.18. The van der Waals surface area contributed by atoms with Crippen LogP contribution in [0.1, 0.15) is 21.7 Å². The lowest BCUT2D eigenvalue weighted by atomic mass is 10.2. The first kappa shape index (κ1) is 20.1. The summed E-state index contributed by atoms with van der Waals surface area (Å²) < 4.78 is 34.7. The van der Waals surface area contributed by atoms with E-state index in [1.807, 2.05) is 30.3 Å². The third-order valence-corrected chi connectivity index (χ3v) is 6.47. The molecule has 30 heavy (non-hydrogen) atoms. The zero-order valence-electron chi connectivity index (χ0n) is 16.4. The SMILES string of the molecule is COc1ccc(S(=O)(=O)N[C@H]2Cc3cc(C(=O)NCc4ccccc4)nn3C2)cc1. The topological polar surface area (TPSA) is 102 Å². The Morgan fingerprint density at radius 1 is 1.17 bits per heavy atom. The van der Waals surface area contributed by atoms with E-state index in [0.717, 1.165) is 11.3 Å². The highest BCUT2D eigenvalue weighted by atomic mass is 32.2. The molecule has 0 saturated carbocycles. The van der Waals surface area contributed by atoms with Crippen molar-refractivity contribution in [2.24, 2.45) is 0 Å². The van der Waals surface area contributed by atoms with Crippen LogP contribution in [0.2, 0.25) is 0 Å². The maximum absolute atomic E-state index is 12.6. The molecule has 3 aromatic rings. The minimum absolute atomic E-state index is 0.175. The summed E-state index contributed by atoms with van der Waals surface area (Å²) in [4.78, 5) is 12.5. The molecule has 0 unspecified atom stereocenters. The lowest BCUT2D eigenvalue weighted by molar-refractivity contribution is 0.0945. The molecule has 0 fully saturated rings. The molecule has 1 aliphatic rings. The molecule has 0 aliphatic carbocycles.